The summed E-state index contributed by atoms with van der Waals surface area (Å²) >= 11 is 3.13. The number of hydrogen-bond donors (Lipinski definition) is 2. The Hall–Kier alpha value is -1.24. The monoisotopic (exact) mass is 293 g/mol. The van der Waals surface area contributed by atoms with Gasteiger partial charge in [-0.2, -0.15) is 0 Å². The topological polar surface area (TPSA) is 54.0 Å². The third-order valence-electron chi connectivity index (χ3n) is 3.12. The standard InChI is InChI=1S/C13H15N3OS2/c17-12(7-9-3-1-5-14-9)16-13-15-10(8-19-13)11-4-2-6-18-11/h2,4,6,8-9,14H,1,3,5,7H2,(H,15,16,17). The van der Waals surface area contributed by atoms with Crippen molar-refractivity contribution in [1.29, 1.82) is 0 Å². The molecular formula is C13H15N3OS2. The van der Waals surface area contributed by atoms with Gasteiger partial charge in [0.1, 0.15) is 0 Å². The van der Waals surface area contributed by atoms with Gasteiger partial charge in [0, 0.05) is 17.8 Å². The molecule has 1 aliphatic rings. The van der Waals surface area contributed by atoms with Crippen molar-refractivity contribution in [3.63, 3.8) is 0 Å². The Morgan fingerprint density at radius 2 is 2.47 bits per heavy atom. The van der Waals surface area contributed by atoms with Crippen LogP contribution in [-0.2, 0) is 4.79 Å². The number of aromatic nitrogens is 1. The fraction of sp³-hybridized carbons (Fsp3) is 0.385. The second-order valence-electron chi connectivity index (χ2n) is 4.56. The van der Waals surface area contributed by atoms with E-state index >= 15 is 0 Å². The first-order valence-corrected chi connectivity index (χ1v) is 8.10. The molecule has 1 atom stereocenters. The van der Waals surface area contributed by atoms with Crippen molar-refractivity contribution in [1.82, 2.24) is 10.3 Å². The van der Waals surface area contributed by atoms with Crippen molar-refractivity contribution >= 4 is 33.7 Å². The second-order valence-corrected chi connectivity index (χ2v) is 6.37. The van der Waals surface area contributed by atoms with Crippen molar-refractivity contribution in [2.45, 2.75) is 25.3 Å². The molecule has 1 aliphatic heterocycles. The van der Waals surface area contributed by atoms with Crippen LogP contribution in [0.25, 0.3) is 10.6 Å². The number of anilines is 1. The molecule has 0 bridgehead atoms. The van der Waals surface area contributed by atoms with Crippen molar-refractivity contribution in [2.75, 3.05) is 11.9 Å². The van der Waals surface area contributed by atoms with Crippen molar-refractivity contribution < 1.29 is 4.79 Å². The summed E-state index contributed by atoms with van der Waals surface area (Å²) < 4.78 is 0. The molecule has 6 heteroatoms. The van der Waals surface area contributed by atoms with Gasteiger partial charge in [-0.15, -0.1) is 22.7 Å². The number of rotatable bonds is 4. The van der Waals surface area contributed by atoms with E-state index in [0.717, 1.165) is 30.0 Å². The molecule has 19 heavy (non-hydrogen) atoms. The quantitative estimate of drug-likeness (QED) is 0.911. The molecule has 1 fully saturated rings. The van der Waals surface area contributed by atoms with Crippen LogP contribution in [0, 0.1) is 0 Å². The summed E-state index contributed by atoms with van der Waals surface area (Å²) in [6.07, 6.45) is 2.79. The van der Waals surface area contributed by atoms with E-state index in [1.165, 1.54) is 11.3 Å². The molecule has 0 aliphatic carbocycles. The lowest BCUT2D eigenvalue weighted by Gasteiger charge is -2.08. The van der Waals surface area contributed by atoms with Gasteiger partial charge in [0.15, 0.2) is 5.13 Å². The van der Waals surface area contributed by atoms with Gasteiger partial charge in [0.25, 0.3) is 0 Å². The summed E-state index contributed by atoms with van der Waals surface area (Å²) in [7, 11) is 0. The normalized spacial score (nSPS) is 18.6. The van der Waals surface area contributed by atoms with Crippen LogP contribution in [0.5, 0.6) is 0 Å². The molecule has 3 rings (SSSR count). The highest BCUT2D eigenvalue weighted by Crippen LogP contribution is 2.28. The van der Waals surface area contributed by atoms with E-state index in [4.69, 9.17) is 0 Å². The Morgan fingerprint density at radius 3 is 3.21 bits per heavy atom. The Balaban J connectivity index is 1.59. The third-order valence-corrected chi connectivity index (χ3v) is 4.77. The van der Waals surface area contributed by atoms with E-state index in [-0.39, 0.29) is 5.91 Å². The molecule has 2 aromatic rings. The molecule has 0 radical (unpaired) electrons. The molecule has 1 amide bonds. The molecule has 2 N–H and O–H groups in total. The summed E-state index contributed by atoms with van der Waals surface area (Å²) in [4.78, 5) is 17.5. The van der Waals surface area contributed by atoms with E-state index in [9.17, 15) is 4.79 Å². The maximum atomic E-state index is 11.9. The zero-order valence-corrected chi connectivity index (χ0v) is 12.0. The minimum absolute atomic E-state index is 0.0477. The van der Waals surface area contributed by atoms with Gasteiger partial charge in [-0.05, 0) is 30.8 Å². The summed E-state index contributed by atoms with van der Waals surface area (Å²) in [5, 5.41) is 10.9. The largest absolute Gasteiger partial charge is 0.313 e. The molecule has 3 heterocycles. The minimum Gasteiger partial charge on any atom is -0.313 e. The van der Waals surface area contributed by atoms with Crippen LogP contribution in [-0.4, -0.2) is 23.5 Å². The van der Waals surface area contributed by atoms with E-state index < -0.39 is 0 Å². The first kappa shape index (κ1) is 12.8. The lowest BCUT2D eigenvalue weighted by Crippen LogP contribution is -2.27. The number of nitrogens with zero attached hydrogens (tertiary/aromatic N) is 1. The number of thiophene rings is 1. The highest BCUT2D eigenvalue weighted by Gasteiger charge is 2.18. The first-order chi connectivity index (χ1) is 9.31. The van der Waals surface area contributed by atoms with E-state index in [2.05, 4.69) is 15.6 Å². The van der Waals surface area contributed by atoms with E-state index in [0.29, 0.717) is 17.6 Å². The molecule has 0 saturated carbocycles. The molecular weight excluding hydrogens is 278 g/mol. The fourth-order valence-electron chi connectivity index (χ4n) is 2.19. The van der Waals surface area contributed by atoms with Gasteiger partial charge < -0.3 is 10.6 Å². The average Bonchev–Trinajstić information content (AvgIpc) is 3.09. The average molecular weight is 293 g/mol. The van der Waals surface area contributed by atoms with Gasteiger partial charge in [-0.1, -0.05) is 6.07 Å². The molecule has 100 valence electrons. The van der Waals surface area contributed by atoms with Crippen molar-refractivity contribution in [2.24, 2.45) is 0 Å². The smallest absolute Gasteiger partial charge is 0.227 e. The molecule has 2 aromatic heterocycles. The highest BCUT2D eigenvalue weighted by atomic mass is 32.1. The number of carbonyl (C=O) groups excluding carboxylic acids is 1. The van der Waals surface area contributed by atoms with E-state index in [1.54, 1.807) is 11.3 Å². The van der Waals surface area contributed by atoms with Crippen LogP contribution < -0.4 is 10.6 Å². The van der Waals surface area contributed by atoms with Crippen LogP contribution in [0.2, 0.25) is 0 Å². The van der Waals surface area contributed by atoms with Gasteiger partial charge in [0.2, 0.25) is 5.91 Å². The zero-order valence-electron chi connectivity index (χ0n) is 10.4. The van der Waals surface area contributed by atoms with Gasteiger partial charge in [-0.25, -0.2) is 4.98 Å². The maximum absolute atomic E-state index is 11.9. The maximum Gasteiger partial charge on any atom is 0.227 e. The number of carbonyl (C=O) groups is 1. The number of nitrogens with one attached hydrogen (secondary N) is 2. The van der Waals surface area contributed by atoms with Crippen LogP contribution in [0.3, 0.4) is 0 Å². The van der Waals surface area contributed by atoms with E-state index in [1.807, 2.05) is 22.9 Å². The van der Waals surface area contributed by atoms with Gasteiger partial charge >= 0.3 is 0 Å². The lowest BCUT2D eigenvalue weighted by atomic mass is 10.1. The predicted octanol–water partition coefficient (Wildman–Crippen LogP) is 2.95. The summed E-state index contributed by atoms with van der Waals surface area (Å²) in [5.41, 5.74) is 0.939. The molecule has 1 unspecified atom stereocenters. The Kier molecular flexibility index (Phi) is 3.91. The van der Waals surface area contributed by atoms with Crippen LogP contribution in [0.4, 0.5) is 5.13 Å². The number of thiazole rings is 1. The van der Waals surface area contributed by atoms with Crippen molar-refractivity contribution in [3.05, 3.63) is 22.9 Å². The molecule has 4 nitrogen and oxygen atoms in total. The SMILES string of the molecule is O=C(CC1CCCN1)Nc1nc(-c2cccs2)cs1. The molecule has 0 spiro atoms. The van der Waals surface area contributed by atoms with Crippen LogP contribution in [0.15, 0.2) is 22.9 Å². The van der Waals surface area contributed by atoms with Crippen LogP contribution in [0.1, 0.15) is 19.3 Å². The fourth-order valence-corrected chi connectivity index (χ4v) is 3.68. The summed E-state index contributed by atoms with van der Waals surface area (Å²) in [6.45, 7) is 1.03. The second kappa shape index (κ2) is 5.81. The van der Waals surface area contributed by atoms with Gasteiger partial charge in [-0.3, -0.25) is 4.79 Å². The lowest BCUT2D eigenvalue weighted by molar-refractivity contribution is -0.116. The zero-order chi connectivity index (χ0) is 13.1. The minimum atomic E-state index is 0.0477. The van der Waals surface area contributed by atoms with Crippen LogP contribution >= 0.6 is 22.7 Å². The predicted molar refractivity (Wildman–Crippen MR) is 79.7 cm³/mol. The Morgan fingerprint density at radius 1 is 1.53 bits per heavy atom. The molecule has 0 aromatic carbocycles. The Labute approximate surface area is 119 Å². The third kappa shape index (κ3) is 3.20. The van der Waals surface area contributed by atoms with Crippen molar-refractivity contribution in [3.8, 4) is 10.6 Å². The Bertz CT molecular complexity index is 544. The number of hydrogen-bond acceptors (Lipinski definition) is 5. The summed E-state index contributed by atoms with van der Waals surface area (Å²) in [6, 6.07) is 4.37. The summed E-state index contributed by atoms with van der Waals surface area (Å²) in [5.74, 6) is 0.0477. The molecule has 1 saturated heterocycles. The van der Waals surface area contributed by atoms with Gasteiger partial charge in [0.05, 0.1) is 10.6 Å². The first-order valence-electron chi connectivity index (χ1n) is 6.34. The highest BCUT2D eigenvalue weighted by molar-refractivity contribution is 7.16. The number of amides is 1.